The molecule has 1 saturated carbocycles. The Morgan fingerprint density at radius 3 is 1.95 bits per heavy atom. The molecule has 0 radical (unpaired) electrons. The van der Waals surface area contributed by atoms with E-state index >= 15 is 0 Å². The van der Waals surface area contributed by atoms with Crippen LogP contribution >= 0.6 is 10.7 Å². The van der Waals surface area contributed by atoms with Crippen LogP contribution in [-0.2, 0) is 19.1 Å². The molecule has 0 aliphatic heterocycles. The summed E-state index contributed by atoms with van der Waals surface area (Å²) in [7, 11) is -1.94. The molecule has 1 fully saturated rings. The van der Waals surface area contributed by atoms with Crippen molar-refractivity contribution < 1.29 is 16.8 Å². The highest BCUT2D eigenvalue weighted by Gasteiger charge is 2.29. The van der Waals surface area contributed by atoms with E-state index in [9.17, 15) is 16.8 Å². The standard InChI is InChI=1S/C13H18ClNO4S2/c1-9-7-12(20(14,16)17)8-10(2)13(9)15-21(18,19)11-5-3-4-6-11/h7-8,11,15H,3-6H2,1-2H3. The molecule has 0 saturated heterocycles. The quantitative estimate of drug-likeness (QED) is 0.846. The molecule has 0 unspecified atom stereocenters. The van der Waals surface area contributed by atoms with Gasteiger partial charge in [0.15, 0.2) is 0 Å². The van der Waals surface area contributed by atoms with Gasteiger partial charge in [-0.05, 0) is 49.9 Å². The van der Waals surface area contributed by atoms with Gasteiger partial charge in [-0.2, -0.15) is 0 Å². The molecule has 1 N–H and O–H groups in total. The van der Waals surface area contributed by atoms with E-state index in [1.54, 1.807) is 13.8 Å². The molecule has 1 aliphatic rings. The Kier molecular flexibility index (Phi) is 4.56. The monoisotopic (exact) mass is 351 g/mol. The minimum atomic E-state index is -3.83. The third kappa shape index (κ3) is 3.70. The van der Waals surface area contributed by atoms with Gasteiger partial charge in [-0.1, -0.05) is 12.8 Å². The first-order chi connectivity index (χ1) is 9.61. The predicted molar refractivity (Wildman–Crippen MR) is 83.8 cm³/mol. The lowest BCUT2D eigenvalue weighted by atomic mass is 10.1. The molecule has 0 atom stereocenters. The summed E-state index contributed by atoms with van der Waals surface area (Å²) in [4.78, 5) is -0.0250. The van der Waals surface area contributed by atoms with Gasteiger partial charge < -0.3 is 0 Å². The van der Waals surface area contributed by atoms with Crippen molar-refractivity contribution >= 4 is 35.4 Å². The summed E-state index contributed by atoms with van der Waals surface area (Å²) in [6.45, 7) is 3.32. The number of halogens is 1. The lowest BCUT2D eigenvalue weighted by molar-refractivity contribution is 0.585. The average molecular weight is 352 g/mol. The Bertz CT molecular complexity index is 727. The van der Waals surface area contributed by atoms with Crippen molar-refractivity contribution in [1.82, 2.24) is 0 Å². The van der Waals surface area contributed by atoms with Crippen molar-refractivity contribution in [3.63, 3.8) is 0 Å². The minimum Gasteiger partial charge on any atom is -0.283 e. The summed E-state index contributed by atoms with van der Waals surface area (Å²) in [6, 6.07) is 2.75. The first-order valence-corrected chi connectivity index (χ1v) is 10.5. The number of aryl methyl sites for hydroxylation is 2. The van der Waals surface area contributed by atoms with Crippen LogP contribution in [0, 0.1) is 13.8 Å². The minimum absolute atomic E-state index is 0.0250. The molecule has 0 bridgehead atoms. The van der Waals surface area contributed by atoms with Crippen LogP contribution in [0.3, 0.4) is 0 Å². The Labute approximate surface area is 130 Å². The molecular formula is C13H18ClNO4S2. The molecule has 1 aromatic rings. The van der Waals surface area contributed by atoms with Gasteiger partial charge in [0.05, 0.1) is 15.8 Å². The number of nitrogens with one attached hydrogen (secondary N) is 1. The second-order valence-corrected chi connectivity index (χ2v) is 9.95. The van der Waals surface area contributed by atoms with Crippen LogP contribution in [0.2, 0.25) is 0 Å². The van der Waals surface area contributed by atoms with Crippen molar-refractivity contribution in [2.24, 2.45) is 0 Å². The Balaban J connectivity index is 2.37. The van der Waals surface area contributed by atoms with E-state index in [0.29, 0.717) is 29.7 Å². The van der Waals surface area contributed by atoms with E-state index in [4.69, 9.17) is 10.7 Å². The van der Waals surface area contributed by atoms with Crippen molar-refractivity contribution in [3.05, 3.63) is 23.3 Å². The third-order valence-electron chi connectivity index (χ3n) is 3.77. The Hall–Kier alpha value is -0.790. The molecule has 0 heterocycles. The highest BCUT2D eigenvalue weighted by Crippen LogP contribution is 2.30. The zero-order valence-corrected chi connectivity index (χ0v) is 14.3. The number of rotatable bonds is 4. The Morgan fingerprint density at radius 1 is 1.05 bits per heavy atom. The molecular weight excluding hydrogens is 334 g/mol. The van der Waals surface area contributed by atoms with Gasteiger partial charge in [-0.3, -0.25) is 4.72 Å². The van der Waals surface area contributed by atoms with Crippen LogP contribution < -0.4 is 4.72 Å². The largest absolute Gasteiger partial charge is 0.283 e. The maximum atomic E-state index is 12.3. The molecule has 21 heavy (non-hydrogen) atoms. The van der Waals surface area contributed by atoms with Crippen LogP contribution in [0.25, 0.3) is 0 Å². The lowest BCUT2D eigenvalue weighted by Crippen LogP contribution is -2.26. The van der Waals surface area contributed by atoms with Gasteiger partial charge in [0.2, 0.25) is 10.0 Å². The summed E-state index contributed by atoms with van der Waals surface area (Å²) in [6.07, 6.45) is 3.18. The zero-order valence-electron chi connectivity index (χ0n) is 11.9. The fourth-order valence-corrected chi connectivity index (χ4v) is 5.28. The van der Waals surface area contributed by atoms with Crippen molar-refractivity contribution in [2.75, 3.05) is 4.72 Å². The van der Waals surface area contributed by atoms with E-state index in [1.165, 1.54) is 12.1 Å². The fraction of sp³-hybridized carbons (Fsp3) is 0.538. The Morgan fingerprint density at radius 2 is 1.52 bits per heavy atom. The molecule has 2 rings (SSSR count). The van der Waals surface area contributed by atoms with Gasteiger partial charge in [-0.15, -0.1) is 0 Å². The van der Waals surface area contributed by atoms with Crippen molar-refractivity contribution in [1.29, 1.82) is 0 Å². The predicted octanol–water partition coefficient (Wildman–Crippen LogP) is 2.92. The van der Waals surface area contributed by atoms with Crippen molar-refractivity contribution in [2.45, 2.75) is 49.7 Å². The molecule has 0 amide bonds. The average Bonchev–Trinajstić information content (AvgIpc) is 2.86. The summed E-state index contributed by atoms with van der Waals surface area (Å²) in [5, 5.41) is -0.368. The molecule has 8 heteroatoms. The molecule has 118 valence electrons. The van der Waals surface area contributed by atoms with E-state index in [2.05, 4.69) is 4.72 Å². The number of anilines is 1. The highest BCUT2D eigenvalue weighted by molar-refractivity contribution is 8.13. The van der Waals surface area contributed by atoms with Crippen LogP contribution in [0.4, 0.5) is 5.69 Å². The van der Waals surface area contributed by atoms with Gasteiger partial charge in [0, 0.05) is 10.7 Å². The lowest BCUT2D eigenvalue weighted by Gasteiger charge is -2.17. The fourth-order valence-electron chi connectivity index (χ4n) is 2.65. The zero-order chi connectivity index (χ0) is 15.8. The smallest absolute Gasteiger partial charge is 0.261 e. The topological polar surface area (TPSA) is 80.3 Å². The van der Waals surface area contributed by atoms with Crippen LogP contribution in [0.1, 0.15) is 36.8 Å². The second kappa shape index (κ2) is 5.78. The van der Waals surface area contributed by atoms with E-state index in [-0.39, 0.29) is 10.1 Å². The van der Waals surface area contributed by atoms with Gasteiger partial charge in [0.1, 0.15) is 0 Å². The molecule has 5 nitrogen and oxygen atoms in total. The molecule has 1 aliphatic carbocycles. The molecule has 1 aromatic carbocycles. The van der Waals surface area contributed by atoms with Crippen LogP contribution in [0.5, 0.6) is 0 Å². The first-order valence-electron chi connectivity index (χ1n) is 6.69. The summed E-state index contributed by atoms with van der Waals surface area (Å²) in [5.74, 6) is 0. The molecule has 0 aromatic heterocycles. The van der Waals surface area contributed by atoms with Gasteiger partial charge in [0.25, 0.3) is 9.05 Å². The van der Waals surface area contributed by atoms with E-state index in [1.807, 2.05) is 0 Å². The maximum Gasteiger partial charge on any atom is 0.261 e. The third-order valence-corrected chi connectivity index (χ3v) is 6.94. The maximum absolute atomic E-state index is 12.3. The first kappa shape index (κ1) is 16.6. The van der Waals surface area contributed by atoms with Crippen molar-refractivity contribution in [3.8, 4) is 0 Å². The van der Waals surface area contributed by atoms with E-state index in [0.717, 1.165) is 12.8 Å². The van der Waals surface area contributed by atoms with E-state index < -0.39 is 19.1 Å². The summed E-state index contributed by atoms with van der Waals surface area (Å²) in [5.41, 5.74) is 1.51. The number of hydrogen-bond acceptors (Lipinski definition) is 4. The summed E-state index contributed by atoms with van der Waals surface area (Å²) < 4.78 is 50.0. The van der Waals surface area contributed by atoms with Gasteiger partial charge in [-0.25, -0.2) is 16.8 Å². The van der Waals surface area contributed by atoms with Crippen LogP contribution in [-0.4, -0.2) is 22.1 Å². The second-order valence-electron chi connectivity index (χ2n) is 5.42. The highest BCUT2D eigenvalue weighted by atomic mass is 35.7. The SMILES string of the molecule is Cc1cc(S(=O)(=O)Cl)cc(C)c1NS(=O)(=O)C1CCCC1. The number of sulfonamides is 1. The molecule has 0 spiro atoms. The van der Waals surface area contributed by atoms with Crippen LogP contribution in [0.15, 0.2) is 17.0 Å². The van der Waals surface area contributed by atoms with Gasteiger partial charge >= 0.3 is 0 Å². The number of benzene rings is 1. The normalized spacial score (nSPS) is 17.1. The summed E-state index contributed by atoms with van der Waals surface area (Å²) >= 11 is 0. The number of hydrogen-bond donors (Lipinski definition) is 1.